The Morgan fingerprint density at radius 1 is 0.885 bits per heavy atom. The number of nitrogen functional groups attached to an aromatic ring is 1. The minimum Gasteiger partial charge on any atom is -0.744 e. The normalized spacial score (nSPS) is 12.1. The van der Waals surface area contributed by atoms with Gasteiger partial charge in [0.25, 0.3) is 0 Å². The maximum absolute atomic E-state index is 12.6. The zero-order valence-corrected chi connectivity index (χ0v) is 37.5. The summed E-state index contributed by atoms with van der Waals surface area (Å²) in [5, 5.41) is 40.5. The number of fused-ring (bicyclic) bond motifs is 1. The molecule has 0 unspecified atom stereocenters. The summed E-state index contributed by atoms with van der Waals surface area (Å²) < 4.78 is 104. The number of nitrogens with two attached hydrogens (primary N) is 1. The van der Waals surface area contributed by atoms with Gasteiger partial charge >= 0.3 is 88.7 Å². The van der Waals surface area contributed by atoms with E-state index >= 15 is 0 Å². The quantitative estimate of drug-likeness (QED) is 0.0123. The Labute approximate surface area is 376 Å². The smallest absolute Gasteiger partial charge is 0.744 e. The van der Waals surface area contributed by atoms with E-state index in [1.165, 1.54) is 30.3 Å². The van der Waals surface area contributed by atoms with Crippen LogP contribution in [0.4, 0.5) is 28.4 Å². The summed E-state index contributed by atoms with van der Waals surface area (Å²) in [5.74, 6) is -0.750. The van der Waals surface area contributed by atoms with Crippen LogP contribution in [0.2, 0.25) is 10.0 Å². The number of aromatic hydroxyl groups is 1. The van der Waals surface area contributed by atoms with Crippen LogP contribution in [0.5, 0.6) is 5.75 Å². The third-order valence-corrected chi connectivity index (χ3v) is 9.83. The second-order valence-electron chi connectivity index (χ2n) is 9.10. The number of halogens is 2. The van der Waals surface area contributed by atoms with Gasteiger partial charge in [-0.25, -0.2) is 30.0 Å². The molecular weight excluding hydrogens is 848 g/mol. The largest absolute Gasteiger partial charge is 1.00 e. The van der Waals surface area contributed by atoms with Crippen LogP contribution >= 0.6 is 35.2 Å². The van der Waals surface area contributed by atoms with Gasteiger partial charge in [0.05, 0.1) is 55.1 Å². The van der Waals surface area contributed by atoms with Gasteiger partial charge in [-0.1, -0.05) is 29.3 Å². The van der Waals surface area contributed by atoms with Crippen LogP contribution in [0.3, 0.4) is 0 Å². The Hall–Kier alpha value is -0.560. The number of sulfonamides is 1. The minimum atomic E-state index is -5.34. The van der Waals surface area contributed by atoms with Gasteiger partial charge in [0.15, 0.2) is 5.75 Å². The molecular formula is C24H17Cl2N6Na3O13S4. The van der Waals surface area contributed by atoms with E-state index in [-0.39, 0.29) is 138 Å². The van der Waals surface area contributed by atoms with Gasteiger partial charge in [-0.3, -0.25) is 9.22 Å². The molecule has 4 rings (SSSR count). The maximum atomic E-state index is 12.6. The minimum absolute atomic E-state index is 0. The molecule has 19 nitrogen and oxygen atoms in total. The van der Waals surface area contributed by atoms with Gasteiger partial charge in [-0.05, 0) is 53.9 Å². The molecule has 0 amide bonds. The number of benzene rings is 4. The molecule has 0 saturated heterocycles. The van der Waals surface area contributed by atoms with Crippen LogP contribution in [0.15, 0.2) is 89.7 Å². The Morgan fingerprint density at radius 3 is 2.17 bits per heavy atom. The number of azo groups is 2. The van der Waals surface area contributed by atoms with Crippen molar-refractivity contribution in [1.29, 1.82) is 0 Å². The van der Waals surface area contributed by atoms with Crippen molar-refractivity contribution >= 4 is 105 Å². The molecule has 0 radical (unpaired) electrons. The molecule has 4 aromatic rings. The van der Waals surface area contributed by atoms with Crippen LogP contribution < -0.4 is 104 Å². The molecule has 0 atom stereocenters. The average Bonchev–Trinajstić information content (AvgIpc) is 3.01. The van der Waals surface area contributed by atoms with E-state index in [9.17, 15) is 44.7 Å². The molecule has 28 heteroatoms. The van der Waals surface area contributed by atoms with Gasteiger partial charge < -0.3 is 25.2 Å². The van der Waals surface area contributed by atoms with Crippen LogP contribution in [0, 0.1) is 0 Å². The first kappa shape index (κ1) is 49.5. The molecule has 52 heavy (non-hydrogen) atoms. The van der Waals surface area contributed by atoms with E-state index in [0.29, 0.717) is 5.02 Å². The van der Waals surface area contributed by atoms with Crippen molar-refractivity contribution in [3.8, 4) is 5.75 Å². The second kappa shape index (κ2) is 21.1. The topological polar surface area (TPSA) is 307 Å². The Morgan fingerprint density at radius 2 is 1.56 bits per heavy atom. The van der Waals surface area contributed by atoms with Crippen molar-refractivity contribution in [1.82, 2.24) is 4.72 Å². The van der Waals surface area contributed by atoms with Crippen molar-refractivity contribution in [2.75, 3.05) is 18.9 Å². The first-order chi connectivity index (χ1) is 22.9. The van der Waals surface area contributed by atoms with E-state index in [2.05, 4.69) is 34.0 Å². The molecule has 0 aliphatic carbocycles. The van der Waals surface area contributed by atoms with Crippen molar-refractivity contribution in [3.05, 3.63) is 64.6 Å². The Kier molecular flexibility index (Phi) is 20.1. The number of phenolic OH excluding ortho intramolecular Hbond substituents is 1. The molecule has 0 aromatic heterocycles. The number of rotatable bonds is 14. The van der Waals surface area contributed by atoms with E-state index < -0.39 is 70.6 Å². The summed E-state index contributed by atoms with van der Waals surface area (Å²) in [6, 6.07) is 10.7. The van der Waals surface area contributed by atoms with Crippen molar-refractivity contribution < 1.29 is 147 Å². The fourth-order valence-electron chi connectivity index (χ4n) is 3.91. The number of phenols is 1. The van der Waals surface area contributed by atoms with E-state index in [4.69, 9.17) is 28.9 Å². The molecule has 4 aromatic carbocycles. The molecule has 4 N–H and O–H groups in total. The zero-order valence-electron chi connectivity index (χ0n) is 26.7. The zero-order chi connectivity index (χ0) is 36.1. The number of nitrogens with zero attached hydrogens (tertiary/aromatic N) is 4. The van der Waals surface area contributed by atoms with Gasteiger partial charge in [0.1, 0.15) is 27.2 Å². The maximum Gasteiger partial charge on any atom is 1.00 e. The van der Waals surface area contributed by atoms with Crippen molar-refractivity contribution in [2.45, 2.75) is 14.7 Å². The molecule has 0 spiro atoms. The van der Waals surface area contributed by atoms with E-state index in [1.807, 2.05) is 4.72 Å². The number of nitrogens with one attached hydrogen (secondary N) is 1. The summed E-state index contributed by atoms with van der Waals surface area (Å²) in [7, 11) is -14.7. The van der Waals surface area contributed by atoms with Crippen LogP contribution in [-0.2, 0) is 44.1 Å². The van der Waals surface area contributed by atoms with E-state index in [1.54, 1.807) is 0 Å². The monoisotopic (exact) mass is 864 g/mol. The first-order valence-electron chi connectivity index (χ1n) is 12.6. The number of hydrogen-bond acceptors (Lipinski definition) is 19. The molecule has 0 bridgehead atoms. The van der Waals surface area contributed by atoms with Crippen molar-refractivity contribution in [3.63, 3.8) is 0 Å². The molecule has 262 valence electrons. The van der Waals surface area contributed by atoms with E-state index in [0.717, 1.165) is 24.3 Å². The van der Waals surface area contributed by atoms with Gasteiger partial charge in [-0.15, -0.1) is 15.3 Å². The first-order valence-corrected chi connectivity index (χ1v) is 18.3. The summed E-state index contributed by atoms with van der Waals surface area (Å²) in [6.45, 7) is -1.38. The predicted octanol–water partition coefficient (Wildman–Crippen LogP) is -4.83. The SMILES string of the molecule is Nc1c(N=Nc2cccc(S(=O)(=O)NCCOS(=O)(=O)[O-])c2)c(S(=O)(=O)[O-])cc2cc(SOO[O-])c(N=Nc3ccc(Cl)cc3Cl)c(O)c12.[Na+].[Na+].[Na+]. The average molecular weight is 866 g/mol. The molecule has 0 aliphatic heterocycles. The third-order valence-electron chi connectivity index (χ3n) is 5.92. The second-order valence-corrected chi connectivity index (χ2v) is 14.9. The summed E-state index contributed by atoms with van der Waals surface area (Å²) in [6.07, 6.45) is 0. The standard InChI is InChI=1S/C24H20Cl2N6O13S4.3Na/c25-13-4-5-17(16(26)10-13)30-31-22-18(46-45-44-34)8-12-9-19(48(37,38)39)23(21(27)20(12)24(22)33)32-29-14-2-1-3-15(11-14)47(35,36)28-6-7-43-49(40,41)42;;;/h1-5,8-11,28,33-34H,6-7,27H2,(H,37,38,39)(H,40,41,42);;;/q;3*+1/p-3. The van der Waals surface area contributed by atoms with Gasteiger partial charge in [0.2, 0.25) is 20.4 Å². The van der Waals surface area contributed by atoms with Crippen LogP contribution in [-0.4, -0.2) is 52.6 Å². The Balaban J connectivity index is 0.00000451. The fourth-order valence-corrected chi connectivity index (χ4v) is 6.84. The van der Waals surface area contributed by atoms with Crippen LogP contribution in [0.1, 0.15) is 0 Å². The summed E-state index contributed by atoms with van der Waals surface area (Å²) in [5.41, 5.74) is 4.41. The number of hydrogen-bond donors (Lipinski definition) is 3. The molecule has 0 saturated carbocycles. The molecule has 0 aliphatic rings. The molecule has 0 heterocycles. The third kappa shape index (κ3) is 13.3. The van der Waals surface area contributed by atoms with Gasteiger partial charge in [-0.2, -0.15) is 9.45 Å². The van der Waals surface area contributed by atoms with Gasteiger partial charge in [0, 0.05) is 11.6 Å². The number of anilines is 1. The molecule has 0 fully saturated rings. The summed E-state index contributed by atoms with van der Waals surface area (Å²) >= 11 is 12.3. The van der Waals surface area contributed by atoms with Crippen LogP contribution in [0.25, 0.3) is 10.8 Å². The fraction of sp³-hybridized carbons (Fsp3) is 0.0833. The summed E-state index contributed by atoms with van der Waals surface area (Å²) in [4.78, 5) is -1.58. The van der Waals surface area contributed by atoms with Crippen molar-refractivity contribution in [2.24, 2.45) is 20.5 Å². The predicted molar refractivity (Wildman–Crippen MR) is 168 cm³/mol. The Bertz CT molecular complexity index is 2330.